The highest BCUT2D eigenvalue weighted by Crippen LogP contribution is 2.20. The Labute approximate surface area is 99.4 Å². The Bertz CT molecular complexity index is 218. The maximum absolute atomic E-state index is 12.1. The average Bonchev–Trinajstić information content (AvgIpc) is 2.46. The molecule has 0 unspecified atom stereocenters. The van der Waals surface area contributed by atoms with E-state index in [-0.39, 0.29) is 11.3 Å². The molecule has 0 spiro atoms. The maximum Gasteiger partial charge on any atom is 0.227 e. The molecule has 0 saturated heterocycles. The van der Waals surface area contributed by atoms with Gasteiger partial charge in [-0.25, -0.2) is 0 Å². The molecule has 3 nitrogen and oxygen atoms in total. The fourth-order valence-corrected chi connectivity index (χ4v) is 2.33. The zero-order valence-electron chi connectivity index (χ0n) is 10.9. The molecule has 3 heteroatoms. The molecule has 0 aliphatic heterocycles. The number of hydrogen-bond acceptors (Lipinski definition) is 2. The van der Waals surface area contributed by atoms with Crippen LogP contribution in [0.1, 0.15) is 52.4 Å². The first-order valence-corrected chi connectivity index (χ1v) is 6.52. The highest BCUT2D eigenvalue weighted by Gasteiger charge is 2.28. The Morgan fingerprint density at radius 1 is 1.19 bits per heavy atom. The van der Waals surface area contributed by atoms with Crippen molar-refractivity contribution in [3.8, 4) is 0 Å². The maximum atomic E-state index is 12.1. The summed E-state index contributed by atoms with van der Waals surface area (Å²) in [5.41, 5.74) is -0.305. The lowest BCUT2D eigenvalue weighted by molar-refractivity contribution is -0.129. The van der Waals surface area contributed by atoms with E-state index in [9.17, 15) is 4.79 Å². The summed E-state index contributed by atoms with van der Waals surface area (Å²) in [6.07, 6.45) is 7.48. The Morgan fingerprint density at radius 3 is 2.25 bits per heavy atom. The number of carbonyl (C=O) groups is 1. The molecule has 0 bridgehead atoms. The first-order chi connectivity index (χ1) is 7.56. The van der Waals surface area contributed by atoms with Gasteiger partial charge in [0.15, 0.2) is 0 Å². The van der Waals surface area contributed by atoms with Gasteiger partial charge >= 0.3 is 0 Å². The van der Waals surface area contributed by atoms with Crippen molar-refractivity contribution in [3.05, 3.63) is 0 Å². The molecule has 94 valence electrons. The second kappa shape index (κ2) is 6.24. The van der Waals surface area contributed by atoms with E-state index in [2.05, 4.69) is 10.6 Å². The number of hydrogen-bond donors (Lipinski definition) is 2. The fourth-order valence-electron chi connectivity index (χ4n) is 2.33. The summed E-state index contributed by atoms with van der Waals surface area (Å²) in [5, 5.41) is 6.28. The average molecular weight is 226 g/mol. The van der Waals surface area contributed by atoms with E-state index in [1.54, 1.807) is 0 Å². The Morgan fingerprint density at radius 2 is 1.75 bits per heavy atom. The van der Waals surface area contributed by atoms with Crippen LogP contribution in [0.25, 0.3) is 0 Å². The van der Waals surface area contributed by atoms with Crippen molar-refractivity contribution in [3.63, 3.8) is 0 Å². The second-order valence-corrected chi connectivity index (χ2v) is 5.58. The van der Waals surface area contributed by atoms with Crippen LogP contribution in [0.5, 0.6) is 0 Å². The van der Waals surface area contributed by atoms with Crippen LogP contribution < -0.4 is 10.6 Å². The molecule has 1 fully saturated rings. The van der Waals surface area contributed by atoms with Crippen molar-refractivity contribution >= 4 is 5.91 Å². The van der Waals surface area contributed by atoms with Crippen LogP contribution in [-0.4, -0.2) is 25.5 Å². The summed E-state index contributed by atoms with van der Waals surface area (Å²) >= 11 is 0. The van der Waals surface area contributed by atoms with E-state index >= 15 is 0 Å². The first-order valence-electron chi connectivity index (χ1n) is 6.52. The molecule has 0 aromatic rings. The largest absolute Gasteiger partial charge is 0.353 e. The predicted molar refractivity (Wildman–Crippen MR) is 67.3 cm³/mol. The molecule has 1 aliphatic rings. The number of carbonyl (C=O) groups excluding carboxylic acids is 1. The zero-order chi connectivity index (χ0) is 12.0. The minimum atomic E-state index is -0.305. The third-order valence-electron chi connectivity index (χ3n) is 3.42. The van der Waals surface area contributed by atoms with Crippen LogP contribution in [0.4, 0.5) is 0 Å². The lowest BCUT2D eigenvalue weighted by Gasteiger charge is -2.26. The smallest absolute Gasteiger partial charge is 0.227 e. The van der Waals surface area contributed by atoms with Crippen LogP contribution in [0.3, 0.4) is 0 Å². The monoisotopic (exact) mass is 226 g/mol. The van der Waals surface area contributed by atoms with Gasteiger partial charge in [0.1, 0.15) is 0 Å². The van der Waals surface area contributed by atoms with Crippen LogP contribution in [0.2, 0.25) is 0 Å². The molecule has 0 aromatic heterocycles. The molecule has 1 rings (SSSR count). The summed E-state index contributed by atoms with van der Waals surface area (Å²) in [4.78, 5) is 12.1. The van der Waals surface area contributed by atoms with E-state index in [4.69, 9.17) is 0 Å². The summed E-state index contributed by atoms with van der Waals surface area (Å²) in [6.45, 7) is 4.72. The SMILES string of the molecule is CNCC(C)(C)C(=O)NC1CCCCCC1. The summed E-state index contributed by atoms with van der Waals surface area (Å²) in [5.74, 6) is 0.189. The van der Waals surface area contributed by atoms with Gasteiger partial charge in [0, 0.05) is 12.6 Å². The van der Waals surface area contributed by atoms with Crippen molar-refractivity contribution in [1.29, 1.82) is 0 Å². The van der Waals surface area contributed by atoms with E-state index in [1.807, 2.05) is 20.9 Å². The first kappa shape index (κ1) is 13.5. The molecule has 16 heavy (non-hydrogen) atoms. The van der Waals surface area contributed by atoms with Gasteiger partial charge in [0.25, 0.3) is 0 Å². The van der Waals surface area contributed by atoms with E-state index in [1.165, 1.54) is 25.7 Å². The van der Waals surface area contributed by atoms with Crippen LogP contribution >= 0.6 is 0 Å². The van der Waals surface area contributed by atoms with Crippen molar-refractivity contribution < 1.29 is 4.79 Å². The molecular weight excluding hydrogens is 200 g/mol. The van der Waals surface area contributed by atoms with E-state index < -0.39 is 0 Å². The highest BCUT2D eigenvalue weighted by atomic mass is 16.2. The molecule has 0 aromatic carbocycles. The quantitative estimate of drug-likeness (QED) is 0.721. The minimum Gasteiger partial charge on any atom is -0.353 e. The van der Waals surface area contributed by atoms with Gasteiger partial charge in [0.05, 0.1) is 5.41 Å². The van der Waals surface area contributed by atoms with Gasteiger partial charge in [-0.05, 0) is 33.7 Å². The topological polar surface area (TPSA) is 41.1 Å². The second-order valence-electron chi connectivity index (χ2n) is 5.58. The third-order valence-corrected chi connectivity index (χ3v) is 3.42. The van der Waals surface area contributed by atoms with Gasteiger partial charge in [-0.15, -0.1) is 0 Å². The standard InChI is InChI=1S/C13H26N2O/c1-13(2,10-14-3)12(16)15-11-8-6-4-5-7-9-11/h11,14H,4-10H2,1-3H3,(H,15,16). The van der Waals surface area contributed by atoms with Gasteiger partial charge in [-0.2, -0.15) is 0 Å². The number of amides is 1. The van der Waals surface area contributed by atoms with Crippen molar-refractivity contribution in [2.24, 2.45) is 5.41 Å². The summed E-state index contributed by atoms with van der Waals surface area (Å²) in [6, 6.07) is 0.408. The summed E-state index contributed by atoms with van der Waals surface area (Å²) < 4.78 is 0. The van der Waals surface area contributed by atoms with Crippen molar-refractivity contribution in [2.75, 3.05) is 13.6 Å². The fraction of sp³-hybridized carbons (Fsp3) is 0.923. The minimum absolute atomic E-state index is 0.189. The highest BCUT2D eigenvalue weighted by molar-refractivity contribution is 5.82. The zero-order valence-corrected chi connectivity index (χ0v) is 10.9. The Balaban J connectivity index is 2.42. The van der Waals surface area contributed by atoms with E-state index in [0.29, 0.717) is 6.04 Å². The number of rotatable bonds is 4. The van der Waals surface area contributed by atoms with Gasteiger partial charge in [0.2, 0.25) is 5.91 Å². The third kappa shape index (κ3) is 4.12. The molecule has 1 saturated carbocycles. The van der Waals surface area contributed by atoms with Gasteiger partial charge in [-0.1, -0.05) is 25.7 Å². The summed E-state index contributed by atoms with van der Waals surface area (Å²) in [7, 11) is 1.89. The van der Waals surface area contributed by atoms with Crippen LogP contribution in [0.15, 0.2) is 0 Å². The molecule has 1 aliphatic carbocycles. The Hall–Kier alpha value is -0.570. The lowest BCUT2D eigenvalue weighted by atomic mass is 9.91. The number of nitrogens with one attached hydrogen (secondary N) is 2. The Kier molecular flexibility index (Phi) is 5.26. The molecule has 1 amide bonds. The molecule has 2 N–H and O–H groups in total. The molecule has 0 heterocycles. The van der Waals surface area contributed by atoms with Crippen LogP contribution in [-0.2, 0) is 4.79 Å². The predicted octanol–water partition coefficient (Wildman–Crippen LogP) is 2.07. The molecule has 0 radical (unpaired) electrons. The van der Waals surface area contributed by atoms with Crippen LogP contribution in [0, 0.1) is 5.41 Å². The van der Waals surface area contributed by atoms with E-state index in [0.717, 1.165) is 19.4 Å². The van der Waals surface area contributed by atoms with Crippen molar-refractivity contribution in [2.45, 2.75) is 58.4 Å². The normalized spacial score (nSPS) is 19.2. The lowest BCUT2D eigenvalue weighted by Crippen LogP contribution is -2.46. The van der Waals surface area contributed by atoms with Crippen molar-refractivity contribution in [1.82, 2.24) is 10.6 Å². The molecule has 0 atom stereocenters. The van der Waals surface area contributed by atoms with Gasteiger partial charge < -0.3 is 10.6 Å². The van der Waals surface area contributed by atoms with Gasteiger partial charge in [-0.3, -0.25) is 4.79 Å². The molecular formula is C13H26N2O.